The molecule has 2 N–H and O–H groups in total. The second kappa shape index (κ2) is 5.24. The Kier molecular flexibility index (Phi) is 3.66. The molecule has 19 heavy (non-hydrogen) atoms. The molecule has 0 aliphatic heterocycles. The molecule has 6 heteroatoms. The largest absolute Gasteiger partial charge is 0.505 e. The van der Waals surface area contributed by atoms with Crippen LogP contribution in [-0.4, -0.2) is 11.0 Å². The van der Waals surface area contributed by atoms with Crippen LogP contribution >= 0.6 is 11.6 Å². The molecule has 0 atom stereocenters. The Labute approximate surface area is 112 Å². The quantitative estimate of drug-likeness (QED) is 0.828. The summed E-state index contributed by atoms with van der Waals surface area (Å²) in [4.78, 5) is 11.8. The summed E-state index contributed by atoms with van der Waals surface area (Å²) < 4.78 is 26.5. The highest BCUT2D eigenvalue weighted by molar-refractivity contribution is 6.31. The molecule has 0 aromatic heterocycles. The summed E-state index contributed by atoms with van der Waals surface area (Å²) in [5, 5.41) is 11.5. The number of carbonyl (C=O) groups is 1. The van der Waals surface area contributed by atoms with E-state index in [4.69, 9.17) is 16.7 Å². The second-order valence-corrected chi connectivity index (χ2v) is 4.18. The van der Waals surface area contributed by atoms with Crippen molar-refractivity contribution in [1.29, 1.82) is 0 Å². The van der Waals surface area contributed by atoms with Gasteiger partial charge in [-0.1, -0.05) is 11.6 Å². The van der Waals surface area contributed by atoms with E-state index < -0.39 is 23.3 Å². The van der Waals surface area contributed by atoms with Gasteiger partial charge in [0.1, 0.15) is 5.82 Å². The van der Waals surface area contributed by atoms with Crippen LogP contribution in [0.4, 0.5) is 14.5 Å². The Morgan fingerprint density at radius 1 is 1.11 bits per heavy atom. The smallest absolute Gasteiger partial charge is 0.258 e. The van der Waals surface area contributed by atoms with Crippen molar-refractivity contribution in [3.8, 4) is 5.75 Å². The first kappa shape index (κ1) is 13.3. The lowest BCUT2D eigenvalue weighted by molar-refractivity contribution is 0.102. The lowest BCUT2D eigenvalue weighted by Crippen LogP contribution is -2.13. The van der Waals surface area contributed by atoms with E-state index >= 15 is 0 Å². The van der Waals surface area contributed by atoms with Gasteiger partial charge >= 0.3 is 0 Å². The molecule has 0 saturated carbocycles. The molecule has 0 bridgehead atoms. The summed E-state index contributed by atoms with van der Waals surface area (Å²) in [6.07, 6.45) is 0. The molecule has 0 aliphatic carbocycles. The molecule has 2 aromatic carbocycles. The van der Waals surface area contributed by atoms with E-state index in [1.54, 1.807) is 0 Å². The number of carbonyl (C=O) groups excluding carboxylic acids is 1. The molecule has 98 valence electrons. The van der Waals surface area contributed by atoms with E-state index in [0.29, 0.717) is 0 Å². The topological polar surface area (TPSA) is 49.3 Å². The van der Waals surface area contributed by atoms with Crippen molar-refractivity contribution >= 4 is 23.2 Å². The Hall–Kier alpha value is -2.14. The molecule has 0 fully saturated rings. The van der Waals surface area contributed by atoms with Crippen LogP contribution in [0, 0.1) is 11.6 Å². The van der Waals surface area contributed by atoms with E-state index in [9.17, 15) is 13.6 Å². The Morgan fingerprint density at radius 3 is 2.53 bits per heavy atom. The van der Waals surface area contributed by atoms with Crippen LogP contribution in [-0.2, 0) is 0 Å². The average molecular weight is 284 g/mol. The van der Waals surface area contributed by atoms with Gasteiger partial charge in [-0.05, 0) is 30.3 Å². The highest BCUT2D eigenvalue weighted by Crippen LogP contribution is 2.21. The highest BCUT2D eigenvalue weighted by atomic mass is 35.5. The third kappa shape index (κ3) is 3.00. The number of anilines is 1. The van der Waals surface area contributed by atoms with Crippen molar-refractivity contribution in [3.05, 3.63) is 58.6 Å². The number of rotatable bonds is 2. The van der Waals surface area contributed by atoms with Crippen molar-refractivity contribution in [3.63, 3.8) is 0 Å². The Balaban J connectivity index is 2.25. The van der Waals surface area contributed by atoms with Crippen molar-refractivity contribution in [2.45, 2.75) is 0 Å². The number of aromatic hydroxyl groups is 1. The minimum absolute atomic E-state index is 0.0969. The molecule has 0 heterocycles. The average Bonchev–Trinajstić information content (AvgIpc) is 2.36. The number of halogens is 3. The number of hydrogen-bond acceptors (Lipinski definition) is 2. The number of benzene rings is 2. The minimum Gasteiger partial charge on any atom is -0.505 e. The van der Waals surface area contributed by atoms with Crippen molar-refractivity contribution in [2.75, 3.05) is 5.32 Å². The van der Waals surface area contributed by atoms with Crippen LogP contribution in [0.25, 0.3) is 0 Å². The lowest BCUT2D eigenvalue weighted by Gasteiger charge is -2.07. The lowest BCUT2D eigenvalue weighted by atomic mass is 10.2. The Morgan fingerprint density at radius 2 is 1.84 bits per heavy atom. The highest BCUT2D eigenvalue weighted by Gasteiger charge is 2.13. The van der Waals surface area contributed by atoms with Crippen molar-refractivity contribution in [2.24, 2.45) is 0 Å². The normalized spacial score (nSPS) is 10.3. The number of amides is 1. The molecule has 2 rings (SSSR count). The number of nitrogens with one attached hydrogen (secondary N) is 1. The fourth-order valence-corrected chi connectivity index (χ4v) is 1.63. The molecule has 0 unspecified atom stereocenters. The summed E-state index contributed by atoms with van der Waals surface area (Å²) >= 11 is 5.67. The van der Waals surface area contributed by atoms with Crippen LogP contribution in [0.1, 0.15) is 10.4 Å². The number of hydrogen-bond donors (Lipinski definition) is 2. The van der Waals surface area contributed by atoms with Crippen LogP contribution in [0.5, 0.6) is 5.75 Å². The predicted molar refractivity (Wildman–Crippen MR) is 67.4 cm³/mol. The molecule has 0 aliphatic rings. The van der Waals surface area contributed by atoms with Gasteiger partial charge in [-0.2, -0.15) is 0 Å². The fraction of sp³-hybridized carbons (Fsp3) is 0. The second-order valence-electron chi connectivity index (χ2n) is 3.74. The third-order valence-electron chi connectivity index (χ3n) is 2.38. The summed E-state index contributed by atoms with van der Waals surface area (Å²) in [7, 11) is 0. The standard InChI is InChI=1S/C13H8ClF2NO2/c14-7-1-3-10(15)9(5-7)13(19)17-8-2-4-12(18)11(16)6-8/h1-6,18H,(H,17,19). The molecular weight excluding hydrogens is 276 g/mol. The van der Waals surface area contributed by atoms with E-state index in [2.05, 4.69) is 5.32 Å². The van der Waals surface area contributed by atoms with Crippen LogP contribution in [0.15, 0.2) is 36.4 Å². The van der Waals surface area contributed by atoms with Gasteiger partial charge in [-0.15, -0.1) is 0 Å². The van der Waals surface area contributed by atoms with E-state index in [-0.39, 0.29) is 16.3 Å². The van der Waals surface area contributed by atoms with Gasteiger partial charge in [0, 0.05) is 16.8 Å². The van der Waals surface area contributed by atoms with Crippen LogP contribution in [0.2, 0.25) is 5.02 Å². The van der Waals surface area contributed by atoms with Gasteiger partial charge in [-0.25, -0.2) is 8.78 Å². The number of phenolic OH excluding ortho intramolecular Hbond substituents is 1. The minimum atomic E-state index is -0.885. The molecule has 0 spiro atoms. The maximum atomic E-state index is 13.4. The zero-order valence-corrected chi connectivity index (χ0v) is 10.2. The van der Waals surface area contributed by atoms with Gasteiger partial charge in [0.15, 0.2) is 11.6 Å². The van der Waals surface area contributed by atoms with Gasteiger partial charge < -0.3 is 10.4 Å². The van der Waals surface area contributed by atoms with Crippen molar-refractivity contribution < 1.29 is 18.7 Å². The summed E-state index contributed by atoms with van der Waals surface area (Å²) in [5.41, 5.74) is -0.152. The van der Waals surface area contributed by atoms with E-state index in [1.807, 2.05) is 0 Å². The molecule has 2 aromatic rings. The van der Waals surface area contributed by atoms with Crippen LogP contribution in [0.3, 0.4) is 0 Å². The van der Waals surface area contributed by atoms with E-state index in [0.717, 1.165) is 18.2 Å². The summed E-state index contributed by atoms with van der Waals surface area (Å²) in [6.45, 7) is 0. The zero-order valence-electron chi connectivity index (χ0n) is 9.45. The van der Waals surface area contributed by atoms with Crippen molar-refractivity contribution in [1.82, 2.24) is 0 Å². The zero-order chi connectivity index (χ0) is 14.0. The molecule has 1 amide bonds. The first-order valence-corrected chi connectivity index (χ1v) is 5.60. The first-order valence-electron chi connectivity index (χ1n) is 5.22. The third-order valence-corrected chi connectivity index (χ3v) is 2.61. The van der Waals surface area contributed by atoms with Gasteiger partial charge in [0.2, 0.25) is 0 Å². The molecule has 0 radical (unpaired) electrons. The van der Waals surface area contributed by atoms with Gasteiger partial charge in [-0.3, -0.25) is 4.79 Å². The first-order chi connectivity index (χ1) is 8.97. The Bertz CT molecular complexity index is 647. The fourth-order valence-electron chi connectivity index (χ4n) is 1.45. The summed E-state index contributed by atoms with van der Waals surface area (Å²) in [5.74, 6) is -2.91. The number of phenols is 1. The monoisotopic (exact) mass is 283 g/mol. The van der Waals surface area contributed by atoms with Gasteiger partial charge in [0.05, 0.1) is 5.56 Å². The predicted octanol–water partition coefficient (Wildman–Crippen LogP) is 3.58. The maximum Gasteiger partial charge on any atom is 0.258 e. The molecule has 0 saturated heterocycles. The van der Waals surface area contributed by atoms with Gasteiger partial charge in [0.25, 0.3) is 5.91 Å². The SMILES string of the molecule is O=C(Nc1ccc(O)c(F)c1)c1cc(Cl)ccc1F. The van der Waals surface area contributed by atoms with Crippen LogP contribution < -0.4 is 5.32 Å². The van der Waals surface area contributed by atoms with E-state index in [1.165, 1.54) is 18.2 Å². The summed E-state index contributed by atoms with van der Waals surface area (Å²) in [6, 6.07) is 6.85. The molecular formula is C13H8ClF2NO2. The molecule has 3 nitrogen and oxygen atoms in total. The maximum absolute atomic E-state index is 13.4.